The fourth-order valence-corrected chi connectivity index (χ4v) is 3.15. The van der Waals surface area contributed by atoms with Gasteiger partial charge in [-0.2, -0.15) is 5.10 Å². The molecule has 4 rings (SSSR count). The van der Waals surface area contributed by atoms with Crippen LogP contribution in [0.4, 0.5) is 14.5 Å². The van der Waals surface area contributed by atoms with Crippen molar-refractivity contribution in [2.75, 3.05) is 5.32 Å². The number of nitrogens with zero attached hydrogens (tertiary/aromatic N) is 1. The number of benzene rings is 3. The van der Waals surface area contributed by atoms with Crippen molar-refractivity contribution in [2.45, 2.75) is 13.0 Å². The Morgan fingerprint density at radius 1 is 0.929 bits per heavy atom. The molecule has 140 valence electrons. The first kappa shape index (κ1) is 17.9. The molecule has 0 saturated carbocycles. The highest BCUT2D eigenvalue weighted by Gasteiger charge is 2.10. The van der Waals surface area contributed by atoms with Crippen LogP contribution in [-0.2, 0) is 0 Å². The quantitative estimate of drug-likeness (QED) is 0.437. The summed E-state index contributed by atoms with van der Waals surface area (Å²) in [5.41, 5.74) is 4.23. The van der Waals surface area contributed by atoms with Crippen LogP contribution < -0.4 is 5.32 Å². The molecule has 0 amide bonds. The lowest BCUT2D eigenvalue weighted by Gasteiger charge is -2.16. The van der Waals surface area contributed by atoms with E-state index in [4.69, 9.17) is 0 Å². The first-order valence-electron chi connectivity index (χ1n) is 9.02. The summed E-state index contributed by atoms with van der Waals surface area (Å²) >= 11 is 0. The van der Waals surface area contributed by atoms with Gasteiger partial charge in [-0.1, -0.05) is 36.4 Å². The first-order chi connectivity index (χ1) is 13.6. The van der Waals surface area contributed by atoms with Crippen molar-refractivity contribution in [3.05, 3.63) is 95.2 Å². The van der Waals surface area contributed by atoms with E-state index in [-0.39, 0.29) is 6.04 Å². The molecule has 4 aromatic rings. The number of rotatable bonds is 5. The molecule has 3 nitrogen and oxygen atoms in total. The normalized spacial score (nSPS) is 12.5. The molecule has 0 aliphatic rings. The zero-order valence-corrected chi connectivity index (χ0v) is 15.3. The molecule has 1 aromatic heterocycles. The summed E-state index contributed by atoms with van der Waals surface area (Å²) in [7, 11) is 0. The molecule has 1 heterocycles. The van der Waals surface area contributed by atoms with Gasteiger partial charge in [0.2, 0.25) is 0 Å². The van der Waals surface area contributed by atoms with Crippen LogP contribution in [0.1, 0.15) is 29.8 Å². The van der Waals surface area contributed by atoms with Crippen LogP contribution in [0.5, 0.6) is 0 Å². The van der Waals surface area contributed by atoms with Crippen molar-refractivity contribution in [2.24, 2.45) is 0 Å². The van der Waals surface area contributed by atoms with Gasteiger partial charge in [-0.15, -0.1) is 0 Å². The fraction of sp³-hybridized carbons (Fsp3) is 0.0870. The molecule has 0 unspecified atom stereocenters. The van der Waals surface area contributed by atoms with Crippen LogP contribution in [0.25, 0.3) is 23.1 Å². The topological polar surface area (TPSA) is 40.7 Å². The number of aromatic nitrogens is 2. The number of fused-ring (bicyclic) bond motifs is 1. The van der Waals surface area contributed by atoms with E-state index in [1.165, 1.54) is 12.1 Å². The maximum absolute atomic E-state index is 13.5. The summed E-state index contributed by atoms with van der Waals surface area (Å²) in [6.07, 6.45) is 3.97. The van der Waals surface area contributed by atoms with Gasteiger partial charge < -0.3 is 5.32 Å². The second-order valence-electron chi connectivity index (χ2n) is 6.68. The molecule has 3 aromatic carbocycles. The highest BCUT2D eigenvalue weighted by Crippen LogP contribution is 2.26. The number of hydrogen-bond donors (Lipinski definition) is 2. The number of halogens is 2. The first-order valence-corrected chi connectivity index (χ1v) is 9.02. The summed E-state index contributed by atoms with van der Waals surface area (Å²) in [5, 5.41) is 11.7. The largest absolute Gasteiger partial charge is 0.378 e. The highest BCUT2D eigenvalue weighted by atomic mass is 19.1. The van der Waals surface area contributed by atoms with Gasteiger partial charge in [-0.05, 0) is 54.5 Å². The van der Waals surface area contributed by atoms with E-state index in [1.807, 2.05) is 67.6 Å². The molecule has 0 spiro atoms. The summed E-state index contributed by atoms with van der Waals surface area (Å²) in [6, 6.07) is 19.1. The smallest absolute Gasteiger partial charge is 0.126 e. The minimum atomic E-state index is -0.581. The molecule has 0 saturated heterocycles. The van der Waals surface area contributed by atoms with Gasteiger partial charge in [0.25, 0.3) is 0 Å². The number of anilines is 1. The van der Waals surface area contributed by atoms with Gasteiger partial charge in [0.15, 0.2) is 0 Å². The minimum absolute atomic E-state index is 0.252. The average molecular weight is 375 g/mol. The third kappa shape index (κ3) is 3.93. The third-order valence-electron chi connectivity index (χ3n) is 4.59. The second-order valence-corrected chi connectivity index (χ2v) is 6.68. The van der Waals surface area contributed by atoms with Crippen molar-refractivity contribution in [3.63, 3.8) is 0 Å². The molecule has 28 heavy (non-hydrogen) atoms. The Hall–Kier alpha value is -3.47. The van der Waals surface area contributed by atoms with Crippen LogP contribution in [0.15, 0.2) is 66.7 Å². The second kappa shape index (κ2) is 7.64. The van der Waals surface area contributed by atoms with Crippen molar-refractivity contribution < 1.29 is 8.78 Å². The predicted octanol–water partition coefficient (Wildman–Crippen LogP) is 6.18. The molecular formula is C23H19F2N3. The van der Waals surface area contributed by atoms with Crippen molar-refractivity contribution in [3.8, 4) is 0 Å². The van der Waals surface area contributed by atoms with Gasteiger partial charge >= 0.3 is 0 Å². The van der Waals surface area contributed by atoms with Crippen molar-refractivity contribution in [1.82, 2.24) is 10.2 Å². The van der Waals surface area contributed by atoms with E-state index in [9.17, 15) is 8.78 Å². The Labute approximate surface area is 161 Å². The van der Waals surface area contributed by atoms with Crippen molar-refractivity contribution >= 4 is 28.7 Å². The maximum atomic E-state index is 13.5. The van der Waals surface area contributed by atoms with Crippen LogP contribution in [-0.4, -0.2) is 10.2 Å². The van der Waals surface area contributed by atoms with Crippen molar-refractivity contribution in [1.29, 1.82) is 0 Å². The molecule has 0 fully saturated rings. The Balaban J connectivity index is 1.59. The van der Waals surface area contributed by atoms with E-state index in [1.54, 1.807) is 0 Å². The summed E-state index contributed by atoms with van der Waals surface area (Å²) < 4.78 is 27.0. The standard InChI is InChI=1S/C23H19F2N3/c1-15(17-11-18(24)13-19(25)12-17)26-20-8-10-23-21(14-20)22(27-28-23)9-7-16-5-3-2-4-6-16/h2-15,26H,1H3,(H,27,28)/b9-7+/t15-/m1/s1. The van der Waals surface area contributed by atoms with Gasteiger partial charge in [0, 0.05) is 23.2 Å². The maximum Gasteiger partial charge on any atom is 0.126 e. The minimum Gasteiger partial charge on any atom is -0.378 e. The summed E-state index contributed by atoms with van der Waals surface area (Å²) in [5.74, 6) is -1.16. The number of H-pyrrole nitrogens is 1. The van der Waals surface area contributed by atoms with Crippen LogP contribution in [0, 0.1) is 11.6 Å². The molecular weight excluding hydrogens is 356 g/mol. The molecule has 0 aliphatic heterocycles. The van der Waals surface area contributed by atoms with E-state index < -0.39 is 11.6 Å². The number of nitrogens with one attached hydrogen (secondary N) is 2. The summed E-state index contributed by atoms with van der Waals surface area (Å²) in [4.78, 5) is 0. The lowest BCUT2D eigenvalue weighted by Crippen LogP contribution is -2.07. The Bertz CT molecular complexity index is 1110. The lowest BCUT2D eigenvalue weighted by molar-refractivity contribution is 0.577. The summed E-state index contributed by atoms with van der Waals surface area (Å²) in [6.45, 7) is 1.87. The highest BCUT2D eigenvalue weighted by molar-refractivity contribution is 5.91. The zero-order chi connectivity index (χ0) is 19.5. The molecule has 5 heteroatoms. The van der Waals surface area contributed by atoms with E-state index in [2.05, 4.69) is 15.5 Å². The monoisotopic (exact) mass is 375 g/mol. The Kier molecular flexibility index (Phi) is 4.89. The van der Waals surface area contributed by atoms with Crippen LogP contribution >= 0.6 is 0 Å². The molecule has 1 atom stereocenters. The Morgan fingerprint density at radius 3 is 2.43 bits per heavy atom. The SMILES string of the molecule is C[C@@H](Nc1ccc2[nH]nc(/C=C/c3ccccc3)c2c1)c1cc(F)cc(F)c1. The number of aromatic amines is 1. The molecule has 0 radical (unpaired) electrons. The molecule has 0 bridgehead atoms. The van der Waals surface area contributed by atoms with Gasteiger partial charge in [-0.3, -0.25) is 5.10 Å². The predicted molar refractivity (Wildman–Crippen MR) is 110 cm³/mol. The van der Waals surface area contributed by atoms with Crippen LogP contribution in [0.3, 0.4) is 0 Å². The lowest BCUT2D eigenvalue weighted by atomic mass is 10.1. The fourth-order valence-electron chi connectivity index (χ4n) is 3.15. The van der Waals surface area contributed by atoms with E-state index in [0.717, 1.165) is 33.9 Å². The Morgan fingerprint density at radius 2 is 1.68 bits per heavy atom. The number of hydrogen-bond acceptors (Lipinski definition) is 2. The van der Waals surface area contributed by atoms with E-state index >= 15 is 0 Å². The molecule has 0 aliphatic carbocycles. The van der Waals surface area contributed by atoms with E-state index in [0.29, 0.717) is 5.56 Å². The van der Waals surface area contributed by atoms with Crippen LogP contribution in [0.2, 0.25) is 0 Å². The average Bonchev–Trinajstić information content (AvgIpc) is 3.09. The molecule has 2 N–H and O–H groups in total. The van der Waals surface area contributed by atoms with Gasteiger partial charge in [0.1, 0.15) is 11.6 Å². The van der Waals surface area contributed by atoms with Gasteiger partial charge in [-0.25, -0.2) is 8.78 Å². The van der Waals surface area contributed by atoms with Gasteiger partial charge in [0.05, 0.1) is 11.2 Å². The third-order valence-corrected chi connectivity index (χ3v) is 4.59. The zero-order valence-electron chi connectivity index (χ0n) is 15.3.